The van der Waals surface area contributed by atoms with E-state index in [4.69, 9.17) is 11.6 Å². The lowest BCUT2D eigenvalue weighted by molar-refractivity contribution is -0.384. The summed E-state index contributed by atoms with van der Waals surface area (Å²) in [5.41, 5.74) is 1.78. The van der Waals surface area contributed by atoms with Crippen LogP contribution in [0.25, 0.3) is 0 Å². The highest BCUT2D eigenvalue weighted by molar-refractivity contribution is 6.33. The smallest absolute Gasteiger partial charge is 0.288 e. The number of aryl methyl sites for hydroxylation is 1. The van der Waals surface area contributed by atoms with Gasteiger partial charge in [0.1, 0.15) is 5.02 Å². The van der Waals surface area contributed by atoms with E-state index in [9.17, 15) is 10.1 Å². The predicted molar refractivity (Wildman–Crippen MR) is 85.4 cm³/mol. The Hall–Kier alpha value is -1.37. The molecule has 0 spiro atoms. The van der Waals surface area contributed by atoms with Crippen LogP contribution in [0.4, 0.5) is 11.4 Å². The summed E-state index contributed by atoms with van der Waals surface area (Å²) < 4.78 is 0. The molecular formula is C14H21ClN4O2. The number of nitrogens with zero attached hydrogens (tertiary/aromatic N) is 3. The van der Waals surface area contributed by atoms with Crippen molar-refractivity contribution in [2.24, 2.45) is 0 Å². The largest absolute Gasteiger partial charge is 0.373 e. The molecule has 7 heteroatoms. The molecule has 0 saturated carbocycles. The molecule has 1 aromatic rings. The van der Waals surface area contributed by atoms with Gasteiger partial charge in [-0.25, -0.2) is 0 Å². The van der Waals surface area contributed by atoms with Crippen molar-refractivity contribution in [3.05, 3.63) is 32.8 Å². The zero-order valence-electron chi connectivity index (χ0n) is 12.4. The number of nitrogens with one attached hydrogen (secondary N) is 1. The fourth-order valence-electron chi connectivity index (χ4n) is 2.55. The van der Waals surface area contributed by atoms with E-state index in [1.165, 1.54) is 0 Å². The van der Waals surface area contributed by atoms with Gasteiger partial charge in [-0.05, 0) is 18.6 Å². The summed E-state index contributed by atoms with van der Waals surface area (Å²) in [5, 5.41) is 14.4. The maximum Gasteiger partial charge on any atom is 0.288 e. The number of nitro benzene ring substituents is 1. The number of halogens is 1. The molecule has 1 fully saturated rings. The van der Waals surface area contributed by atoms with Gasteiger partial charge in [-0.15, -0.1) is 0 Å². The van der Waals surface area contributed by atoms with Gasteiger partial charge in [0.2, 0.25) is 0 Å². The standard InChI is InChI=1S/C14H21ClN4O2/c1-11-9-14(19(20)21)12(15)10-13(11)17(2)7-8-18-5-3-16-4-6-18/h9-10,16H,3-8H2,1-2H3. The van der Waals surface area contributed by atoms with Gasteiger partial charge in [0.05, 0.1) is 4.92 Å². The van der Waals surface area contributed by atoms with Crippen molar-refractivity contribution in [1.82, 2.24) is 10.2 Å². The molecular weight excluding hydrogens is 292 g/mol. The summed E-state index contributed by atoms with van der Waals surface area (Å²) in [6, 6.07) is 3.23. The number of hydrogen-bond donors (Lipinski definition) is 1. The monoisotopic (exact) mass is 312 g/mol. The molecule has 0 radical (unpaired) electrons. The van der Waals surface area contributed by atoms with Gasteiger partial charge in [0.15, 0.2) is 0 Å². The summed E-state index contributed by atoms with van der Waals surface area (Å²) in [4.78, 5) is 15.0. The Morgan fingerprint density at radius 1 is 1.43 bits per heavy atom. The maximum absolute atomic E-state index is 10.9. The molecule has 0 amide bonds. The van der Waals surface area contributed by atoms with E-state index in [0.29, 0.717) is 0 Å². The zero-order chi connectivity index (χ0) is 15.4. The molecule has 116 valence electrons. The minimum atomic E-state index is -0.445. The van der Waals surface area contributed by atoms with Crippen molar-refractivity contribution in [2.45, 2.75) is 6.92 Å². The van der Waals surface area contributed by atoms with Crippen LogP contribution in [0.15, 0.2) is 12.1 Å². The molecule has 1 aromatic carbocycles. The van der Waals surface area contributed by atoms with Gasteiger partial charge in [-0.3, -0.25) is 15.0 Å². The Balaban J connectivity index is 2.03. The van der Waals surface area contributed by atoms with Crippen LogP contribution in [0.5, 0.6) is 0 Å². The third-order valence-electron chi connectivity index (χ3n) is 3.83. The van der Waals surface area contributed by atoms with Crippen LogP contribution in [0, 0.1) is 17.0 Å². The molecule has 21 heavy (non-hydrogen) atoms. The predicted octanol–water partition coefficient (Wildman–Crippen LogP) is 1.90. The van der Waals surface area contributed by atoms with Crippen molar-refractivity contribution in [3.63, 3.8) is 0 Å². The number of anilines is 1. The van der Waals surface area contributed by atoms with Crippen LogP contribution in [-0.4, -0.2) is 56.1 Å². The summed E-state index contributed by atoms with van der Waals surface area (Å²) in [6.07, 6.45) is 0. The van der Waals surface area contributed by atoms with Crippen molar-refractivity contribution in [3.8, 4) is 0 Å². The van der Waals surface area contributed by atoms with E-state index in [1.54, 1.807) is 12.1 Å². The second kappa shape index (κ2) is 7.06. The number of piperazine rings is 1. The first-order valence-corrected chi connectivity index (χ1v) is 7.45. The van der Waals surface area contributed by atoms with Crippen LogP contribution in [-0.2, 0) is 0 Å². The molecule has 1 N–H and O–H groups in total. The van der Waals surface area contributed by atoms with E-state index < -0.39 is 4.92 Å². The highest BCUT2D eigenvalue weighted by Gasteiger charge is 2.17. The number of hydrogen-bond acceptors (Lipinski definition) is 5. The van der Waals surface area contributed by atoms with E-state index >= 15 is 0 Å². The number of benzene rings is 1. The van der Waals surface area contributed by atoms with Gasteiger partial charge < -0.3 is 10.2 Å². The quantitative estimate of drug-likeness (QED) is 0.664. The normalized spacial score (nSPS) is 16.0. The van der Waals surface area contributed by atoms with Gasteiger partial charge in [-0.2, -0.15) is 0 Å². The van der Waals surface area contributed by atoms with Crippen LogP contribution in [0.2, 0.25) is 5.02 Å². The molecule has 2 rings (SSSR count). The lowest BCUT2D eigenvalue weighted by atomic mass is 10.1. The number of likely N-dealkylation sites (N-methyl/N-ethyl adjacent to an activating group) is 1. The highest BCUT2D eigenvalue weighted by atomic mass is 35.5. The molecule has 0 bridgehead atoms. The van der Waals surface area contributed by atoms with Crippen molar-refractivity contribution in [2.75, 3.05) is 51.2 Å². The van der Waals surface area contributed by atoms with Gasteiger partial charge in [0.25, 0.3) is 5.69 Å². The minimum absolute atomic E-state index is 0.0339. The van der Waals surface area contributed by atoms with Crippen molar-refractivity contribution < 1.29 is 4.92 Å². The molecule has 0 aliphatic carbocycles. The molecule has 1 aliphatic heterocycles. The van der Waals surface area contributed by atoms with Crippen LogP contribution >= 0.6 is 11.6 Å². The lowest BCUT2D eigenvalue weighted by Gasteiger charge is -2.30. The first kappa shape index (κ1) is 16.0. The third-order valence-corrected chi connectivity index (χ3v) is 4.14. The summed E-state index contributed by atoms with van der Waals surface area (Å²) in [6.45, 7) is 7.92. The van der Waals surface area contributed by atoms with E-state index in [1.807, 2.05) is 14.0 Å². The Kier molecular flexibility index (Phi) is 5.39. The average molecular weight is 313 g/mol. The first-order chi connectivity index (χ1) is 9.99. The minimum Gasteiger partial charge on any atom is -0.373 e. The summed E-state index contributed by atoms with van der Waals surface area (Å²) >= 11 is 6.00. The Bertz CT molecular complexity index is 518. The van der Waals surface area contributed by atoms with Crippen molar-refractivity contribution in [1.29, 1.82) is 0 Å². The topological polar surface area (TPSA) is 61.7 Å². The van der Waals surface area contributed by atoms with Gasteiger partial charge in [-0.1, -0.05) is 11.6 Å². The van der Waals surface area contributed by atoms with Crippen LogP contribution in [0.3, 0.4) is 0 Å². The molecule has 0 unspecified atom stereocenters. The maximum atomic E-state index is 10.9. The second-order valence-electron chi connectivity index (χ2n) is 5.36. The first-order valence-electron chi connectivity index (χ1n) is 7.08. The van der Waals surface area contributed by atoms with Gasteiger partial charge >= 0.3 is 0 Å². The Morgan fingerprint density at radius 2 is 2.10 bits per heavy atom. The van der Waals surface area contributed by atoms with Crippen LogP contribution in [0.1, 0.15) is 5.56 Å². The highest BCUT2D eigenvalue weighted by Crippen LogP contribution is 2.32. The molecule has 0 aromatic heterocycles. The number of rotatable bonds is 5. The second-order valence-corrected chi connectivity index (χ2v) is 5.77. The molecule has 1 aliphatic rings. The molecule has 6 nitrogen and oxygen atoms in total. The van der Waals surface area contributed by atoms with E-state index in [2.05, 4.69) is 15.1 Å². The van der Waals surface area contributed by atoms with Gasteiger partial charge in [0, 0.05) is 58.1 Å². The zero-order valence-corrected chi connectivity index (χ0v) is 13.2. The van der Waals surface area contributed by atoms with Crippen molar-refractivity contribution >= 4 is 23.0 Å². The SMILES string of the molecule is Cc1cc([N+](=O)[O-])c(Cl)cc1N(C)CCN1CCNCC1. The Morgan fingerprint density at radius 3 is 2.71 bits per heavy atom. The average Bonchev–Trinajstić information content (AvgIpc) is 2.47. The summed E-state index contributed by atoms with van der Waals surface area (Å²) in [5.74, 6) is 0. The fraction of sp³-hybridized carbons (Fsp3) is 0.571. The fourth-order valence-corrected chi connectivity index (χ4v) is 2.78. The summed E-state index contributed by atoms with van der Waals surface area (Å²) in [7, 11) is 1.99. The molecule has 1 saturated heterocycles. The lowest BCUT2D eigenvalue weighted by Crippen LogP contribution is -2.46. The molecule has 1 heterocycles. The molecule has 0 atom stereocenters. The Labute approximate surface area is 129 Å². The van der Waals surface area contributed by atoms with E-state index in [-0.39, 0.29) is 10.7 Å². The van der Waals surface area contributed by atoms with E-state index in [0.717, 1.165) is 50.5 Å². The van der Waals surface area contributed by atoms with Crippen LogP contribution < -0.4 is 10.2 Å². The third kappa shape index (κ3) is 4.06. The number of nitro groups is 1.